The Kier molecular flexibility index (Phi) is 5.00. The van der Waals surface area contributed by atoms with E-state index in [1.807, 2.05) is 7.11 Å². The van der Waals surface area contributed by atoms with Crippen LogP contribution in [0.4, 0.5) is 0 Å². The van der Waals surface area contributed by atoms with Gasteiger partial charge in [0.1, 0.15) is 0 Å². The summed E-state index contributed by atoms with van der Waals surface area (Å²) in [5, 5.41) is 0. The average Bonchev–Trinajstić information content (AvgIpc) is 2.48. The van der Waals surface area contributed by atoms with Crippen LogP contribution in [0.5, 0.6) is 0 Å². The highest BCUT2D eigenvalue weighted by molar-refractivity contribution is 5.28. The Morgan fingerprint density at radius 2 is 2.00 bits per heavy atom. The van der Waals surface area contributed by atoms with Crippen molar-refractivity contribution in [2.24, 2.45) is 5.73 Å². The van der Waals surface area contributed by atoms with Crippen LogP contribution < -0.4 is 5.73 Å². The highest BCUT2D eigenvalue weighted by Gasteiger charge is 2.38. The lowest BCUT2D eigenvalue weighted by atomic mass is 9.77. The van der Waals surface area contributed by atoms with Crippen molar-refractivity contribution in [3.8, 4) is 0 Å². The Morgan fingerprint density at radius 1 is 1.26 bits per heavy atom. The van der Waals surface area contributed by atoms with E-state index >= 15 is 0 Å². The number of benzene rings is 1. The molecule has 0 bridgehead atoms. The molecule has 0 heterocycles. The van der Waals surface area contributed by atoms with Crippen LogP contribution in [-0.4, -0.2) is 12.7 Å². The van der Waals surface area contributed by atoms with Gasteiger partial charge in [-0.05, 0) is 30.4 Å². The second-order valence-electron chi connectivity index (χ2n) is 5.80. The zero-order valence-corrected chi connectivity index (χ0v) is 12.3. The van der Waals surface area contributed by atoms with Gasteiger partial charge in [0.05, 0.1) is 11.6 Å². The van der Waals surface area contributed by atoms with Crippen molar-refractivity contribution in [2.45, 2.75) is 63.5 Å². The zero-order chi connectivity index (χ0) is 13.7. The molecule has 1 fully saturated rings. The number of aryl methyl sites for hydroxylation is 1. The van der Waals surface area contributed by atoms with Gasteiger partial charge in [-0.1, -0.05) is 56.9 Å². The molecule has 1 atom stereocenters. The predicted molar refractivity (Wildman–Crippen MR) is 80.2 cm³/mol. The Hall–Kier alpha value is -0.860. The molecule has 1 saturated carbocycles. The lowest BCUT2D eigenvalue weighted by Gasteiger charge is -2.41. The number of hydrogen-bond donors (Lipinski definition) is 1. The van der Waals surface area contributed by atoms with Crippen molar-refractivity contribution in [1.29, 1.82) is 0 Å². The number of rotatable bonds is 5. The Bertz CT molecular complexity index is 396. The summed E-state index contributed by atoms with van der Waals surface area (Å²) < 4.78 is 5.87. The van der Waals surface area contributed by atoms with E-state index in [4.69, 9.17) is 10.5 Å². The fraction of sp³-hybridized carbons (Fsp3) is 0.647. The lowest BCUT2D eigenvalue weighted by Crippen LogP contribution is -2.44. The number of methoxy groups -OCH3 is 1. The molecule has 0 saturated heterocycles. The van der Waals surface area contributed by atoms with Crippen LogP contribution in [-0.2, 0) is 11.2 Å². The molecule has 1 aromatic rings. The minimum Gasteiger partial charge on any atom is -0.376 e. The summed E-state index contributed by atoms with van der Waals surface area (Å²) in [7, 11) is 1.82. The maximum absolute atomic E-state index is 6.56. The van der Waals surface area contributed by atoms with Crippen LogP contribution in [0.25, 0.3) is 0 Å². The SMILES string of the molecule is CCCc1cccc(C(N)C2(OC)CCCCC2)c1. The third-order valence-electron chi connectivity index (χ3n) is 4.52. The zero-order valence-electron chi connectivity index (χ0n) is 12.3. The largest absolute Gasteiger partial charge is 0.376 e. The minimum absolute atomic E-state index is 0.00499. The van der Waals surface area contributed by atoms with Crippen LogP contribution in [0.15, 0.2) is 24.3 Å². The van der Waals surface area contributed by atoms with Gasteiger partial charge < -0.3 is 10.5 Å². The van der Waals surface area contributed by atoms with Gasteiger partial charge in [0.25, 0.3) is 0 Å². The molecule has 2 nitrogen and oxygen atoms in total. The Morgan fingerprint density at radius 3 is 2.63 bits per heavy atom. The topological polar surface area (TPSA) is 35.2 Å². The summed E-state index contributed by atoms with van der Waals surface area (Å²) in [4.78, 5) is 0. The molecule has 2 N–H and O–H groups in total. The van der Waals surface area contributed by atoms with Gasteiger partial charge in [-0.3, -0.25) is 0 Å². The van der Waals surface area contributed by atoms with Crippen LogP contribution in [0.1, 0.15) is 62.6 Å². The highest BCUT2D eigenvalue weighted by Crippen LogP contribution is 2.39. The molecule has 19 heavy (non-hydrogen) atoms. The highest BCUT2D eigenvalue weighted by atomic mass is 16.5. The summed E-state index contributed by atoms with van der Waals surface area (Å²) in [5.74, 6) is 0. The number of hydrogen-bond acceptors (Lipinski definition) is 2. The molecular formula is C17H27NO. The molecule has 2 rings (SSSR count). The fourth-order valence-corrected chi connectivity index (χ4v) is 3.33. The van der Waals surface area contributed by atoms with E-state index < -0.39 is 0 Å². The first-order chi connectivity index (χ1) is 9.22. The maximum Gasteiger partial charge on any atom is 0.0870 e. The second kappa shape index (κ2) is 6.53. The normalized spacial score (nSPS) is 20.2. The molecule has 0 amide bonds. The van der Waals surface area contributed by atoms with Gasteiger partial charge in [0, 0.05) is 7.11 Å². The minimum atomic E-state index is -0.150. The van der Waals surface area contributed by atoms with Gasteiger partial charge in [0.2, 0.25) is 0 Å². The molecule has 0 aromatic heterocycles. The van der Waals surface area contributed by atoms with Crippen molar-refractivity contribution in [1.82, 2.24) is 0 Å². The van der Waals surface area contributed by atoms with E-state index in [1.54, 1.807) is 0 Å². The standard InChI is InChI=1S/C17H27NO/c1-3-8-14-9-7-10-15(13-14)16(18)17(19-2)11-5-4-6-12-17/h7,9-10,13,16H,3-6,8,11-12,18H2,1-2H3. The van der Waals surface area contributed by atoms with Crippen LogP contribution in [0, 0.1) is 0 Å². The monoisotopic (exact) mass is 261 g/mol. The van der Waals surface area contributed by atoms with Crippen molar-refractivity contribution >= 4 is 0 Å². The quantitative estimate of drug-likeness (QED) is 0.870. The molecule has 1 aromatic carbocycles. The molecule has 2 heteroatoms. The molecule has 1 aliphatic rings. The molecule has 0 aliphatic heterocycles. The van der Waals surface area contributed by atoms with E-state index in [2.05, 4.69) is 31.2 Å². The van der Waals surface area contributed by atoms with E-state index in [0.717, 1.165) is 19.3 Å². The first-order valence-electron chi connectivity index (χ1n) is 7.61. The van der Waals surface area contributed by atoms with Gasteiger partial charge in [-0.2, -0.15) is 0 Å². The van der Waals surface area contributed by atoms with Crippen LogP contribution in [0.2, 0.25) is 0 Å². The third kappa shape index (κ3) is 3.18. The summed E-state index contributed by atoms with van der Waals surface area (Å²) in [6, 6.07) is 8.74. The van der Waals surface area contributed by atoms with E-state index in [-0.39, 0.29) is 11.6 Å². The number of ether oxygens (including phenoxy) is 1. The third-order valence-corrected chi connectivity index (χ3v) is 4.52. The molecule has 0 radical (unpaired) electrons. The Balaban J connectivity index is 2.21. The van der Waals surface area contributed by atoms with E-state index in [1.165, 1.54) is 36.8 Å². The first-order valence-corrected chi connectivity index (χ1v) is 7.61. The lowest BCUT2D eigenvalue weighted by molar-refractivity contribution is -0.0595. The smallest absolute Gasteiger partial charge is 0.0870 e. The second-order valence-corrected chi connectivity index (χ2v) is 5.80. The van der Waals surface area contributed by atoms with Gasteiger partial charge in [-0.25, -0.2) is 0 Å². The van der Waals surface area contributed by atoms with Crippen molar-refractivity contribution < 1.29 is 4.74 Å². The van der Waals surface area contributed by atoms with E-state index in [0.29, 0.717) is 0 Å². The van der Waals surface area contributed by atoms with Gasteiger partial charge in [-0.15, -0.1) is 0 Å². The molecule has 106 valence electrons. The summed E-state index contributed by atoms with van der Waals surface area (Å²) >= 11 is 0. The number of nitrogens with two attached hydrogens (primary N) is 1. The summed E-state index contributed by atoms with van der Waals surface area (Å²) in [5.41, 5.74) is 9.02. The van der Waals surface area contributed by atoms with Gasteiger partial charge >= 0.3 is 0 Å². The molecule has 0 spiro atoms. The first kappa shape index (κ1) is 14.5. The summed E-state index contributed by atoms with van der Waals surface area (Å²) in [6.45, 7) is 2.21. The van der Waals surface area contributed by atoms with Crippen molar-refractivity contribution in [2.75, 3.05) is 7.11 Å². The molecule has 1 unspecified atom stereocenters. The molecular weight excluding hydrogens is 234 g/mol. The fourth-order valence-electron chi connectivity index (χ4n) is 3.33. The Labute approximate surface area is 117 Å². The van der Waals surface area contributed by atoms with Crippen LogP contribution >= 0.6 is 0 Å². The van der Waals surface area contributed by atoms with Crippen LogP contribution in [0.3, 0.4) is 0 Å². The van der Waals surface area contributed by atoms with Crippen molar-refractivity contribution in [3.63, 3.8) is 0 Å². The predicted octanol–water partition coefficient (Wildman–Crippen LogP) is 3.99. The maximum atomic E-state index is 6.56. The van der Waals surface area contributed by atoms with Gasteiger partial charge in [0.15, 0.2) is 0 Å². The van der Waals surface area contributed by atoms with E-state index in [9.17, 15) is 0 Å². The van der Waals surface area contributed by atoms with Crippen molar-refractivity contribution in [3.05, 3.63) is 35.4 Å². The summed E-state index contributed by atoms with van der Waals surface area (Å²) in [6.07, 6.45) is 8.25. The average molecular weight is 261 g/mol. The molecule has 1 aliphatic carbocycles.